The van der Waals surface area contributed by atoms with Crippen LogP contribution in [0.25, 0.3) is 0 Å². The molecule has 0 atom stereocenters. The zero-order valence-corrected chi connectivity index (χ0v) is 22.3. The minimum Gasteiger partial charge on any atom is -0.317 e. The summed E-state index contributed by atoms with van der Waals surface area (Å²) in [5.41, 5.74) is -1.72. The minimum absolute atomic E-state index is 0.0454. The molecule has 8 nitrogen and oxygen atoms in total. The van der Waals surface area contributed by atoms with Gasteiger partial charge in [-0.15, -0.1) is 4.09 Å². The van der Waals surface area contributed by atoms with Crippen molar-refractivity contribution in [2.45, 2.75) is 55.8 Å². The number of urea groups is 1. The van der Waals surface area contributed by atoms with E-state index in [9.17, 15) is 30.8 Å². The zero-order chi connectivity index (χ0) is 27.7. The van der Waals surface area contributed by atoms with E-state index in [2.05, 4.69) is 10.00 Å². The maximum absolute atomic E-state index is 14.2. The molecule has 0 unspecified atom stereocenters. The van der Waals surface area contributed by atoms with Crippen molar-refractivity contribution in [3.63, 3.8) is 0 Å². The smallest absolute Gasteiger partial charge is 0.317 e. The predicted octanol–water partition coefficient (Wildman–Crippen LogP) is 4.27. The summed E-state index contributed by atoms with van der Waals surface area (Å²) in [7, 11) is -0.362. The van der Waals surface area contributed by atoms with Gasteiger partial charge in [0.15, 0.2) is 11.5 Å². The predicted molar refractivity (Wildman–Crippen MR) is 133 cm³/mol. The number of benzene rings is 1. The number of carbonyl (C=O) groups excluding carboxylic acids is 1. The van der Waals surface area contributed by atoms with Crippen molar-refractivity contribution in [1.82, 2.24) is 19.0 Å². The minimum atomic E-state index is -4.88. The molecule has 0 radical (unpaired) electrons. The van der Waals surface area contributed by atoms with E-state index in [-0.39, 0.29) is 12.4 Å². The summed E-state index contributed by atoms with van der Waals surface area (Å²) in [6.45, 7) is 0.507. The van der Waals surface area contributed by atoms with Crippen LogP contribution in [0.4, 0.5) is 28.2 Å². The molecular weight excluding hydrogens is 526 g/mol. The lowest BCUT2D eigenvalue weighted by Crippen LogP contribution is -2.55. The second-order valence-corrected chi connectivity index (χ2v) is 12.9. The Hall–Kier alpha value is -2.67. The van der Waals surface area contributed by atoms with Gasteiger partial charge in [-0.3, -0.25) is 9.80 Å². The lowest BCUT2D eigenvalue weighted by molar-refractivity contribution is -0.141. The maximum Gasteiger partial charge on any atom is 0.435 e. The number of halogens is 4. The molecule has 2 aliphatic carbocycles. The van der Waals surface area contributed by atoms with Crippen molar-refractivity contribution < 1.29 is 30.8 Å². The fraction of sp³-hybridized carbons (Fsp3) is 0.600. The van der Waals surface area contributed by atoms with E-state index in [4.69, 9.17) is 0 Å². The molecule has 2 heterocycles. The van der Waals surface area contributed by atoms with E-state index in [1.165, 1.54) is 12.1 Å². The number of hydrogen-bond donors (Lipinski definition) is 0. The molecule has 2 saturated carbocycles. The summed E-state index contributed by atoms with van der Waals surface area (Å²) in [4.78, 5) is 18.7. The molecule has 3 fully saturated rings. The average molecular weight is 558 g/mol. The monoisotopic (exact) mass is 557 g/mol. The molecule has 2 amide bonds. The molecule has 38 heavy (non-hydrogen) atoms. The van der Waals surface area contributed by atoms with Crippen LogP contribution in [0.15, 0.2) is 30.3 Å². The van der Waals surface area contributed by atoms with Gasteiger partial charge in [-0.25, -0.2) is 17.6 Å². The summed E-state index contributed by atoms with van der Waals surface area (Å²) in [6.07, 6.45) is 0.0306. The molecule has 1 aromatic heterocycles. The summed E-state index contributed by atoms with van der Waals surface area (Å²) in [5.74, 6) is -0.432. The SMILES string of the molecule is CN(C)[C@]1(c2cccc(F)c2)CC[C@]2(CC1)CN(c1cc(C(F)(F)F)nn1S(C)(=O)=O)C(=O)N2CC1CC1. The highest BCUT2D eigenvalue weighted by atomic mass is 32.2. The number of rotatable bonds is 6. The lowest BCUT2D eigenvalue weighted by Gasteiger charge is -2.51. The third kappa shape index (κ3) is 4.57. The molecule has 0 N–H and O–H groups in total. The highest BCUT2D eigenvalue weighted by molar-refractivity contribution is 7.89. The van der Waals surface area contributed by atoms with Gasteiger partial charge >= 0.3 is 12.2 Å². The topological polar surface area (TPSA) is 78.8 Å². The van der Waals surface area contributed by atoms with E-state index >= 15 is 0 Å². The Morgan fingerprint density at radius 2 is 1.76 bits per heavy atom. The molecule has 1 saturated heterocycles. The quantitative estimate of drug-likeness (QED) is 0.496. The number of hydrogen-bond acceptors (Lipinski definition) is 5. The third-order valence-corrected chi connectivity index (χ3v) is 9.29. The number of amides is 2. The molecule has 1 aromatic carbocycles. The van der Waals surface area contributed by atoms with Crippen LogP contribution in [0.3, 0.4) is 0 Å². The maximum atomic E-state index is 14.2. The van der Waals surface area contributed by atoms with Gasteiger partial charge in [0, 0.05) is 18.2 Å². The van der Waals surface area contributed by atoms with Gasteiger partial charge in [0.2, 0.25) is 0 Å². The van der Waals surface area contributed by atoms with Crippen molar-refractivity contribution in [2.24, 2.45) is 5.92 Å². The van der Waals surface area contributed by atoms with Crippen LogP contribution in [-0.2, 0) is 21.7 Å². The second kappa shape index (κ2) is 8.94. The first-order valence-corrected chi connectivity index (χ1v) is 14.4. The van der Waals surface area contributed by atoms with Crippen LogP contribution in [0.2, 0.25) is 0 Å². The molecule has 208 valence electrons. The van der Waals surface area contributed by atoms with Crippen molar-refractivity contribution in [1.29, 1.82) is 0 Å². The van der Waals surface area contributed by atoms with Crippen LogP contribution in [0.5, 0.6) is 0 Å². The Balaban J connectivity index is 1.52. The number of alkyl halides is 3. The zero-order valence-electron chi connectivity index (χ0n) is 21.5. The van der Waals surface area contributed by atoms with E-state index in [1.807, 2.05) is 20.2 Å². The lowest BCUT2D eigenvalue weighted by atomic mass is 9.68. The van der Waals surface area contributed by atoms with Crippen LogP contribution in [0, 0.1) is 11.7 Å². The van der Waals surface area contributed by atoms with Gasteiger partial charge < -0.3 is 4.90 Å². The van der Waals surface area contributed by atoms with E-state index < -0.39 is 44.8 Å². The summed E-state index contributed by atoms with van der Waals surface area (Å²) < 4.78 is 79.7. The molecule has 3 aliphatic rings. The first-order valence-electron chi connectivity index (χ1n) is 12.6. The Morgan fingerprint density at radius 1 is 1.11 bits per heavy atom. The fourth-order valence-electron chi connectivity index (χ4n) is 6.05. The van der Waals surface area contributed by atoms with Crippen LogP contribution < -0.4 is 4.90 Å². The number of aromatic nitrogens is 2. The Bertz CT molecular complexity index is 1340. The third-order valence-electron chi connectivity index (χ3n) is 8.39. The van der Waals surface area contributed by atoms with Crippen molar-refractivity contribution in [3.8, 4) is 0 Å². The van der Waals surface area contributed by atoms with E-state index in [0.29, 0.717) is 48.3 Å². The van der Waals surface area contributed by atoms with Crippen LogP contribution in [0.1, 0.15) is 49.8 Å². The second-order valence-electron chi connectivity index (χ2n) is 11.1. The van der Waals surface area contributed by atoms with Gasteiger partial charge in [0.05, 0.1) is 18.3 Å². The summed E-state index contributed by atoms with van der Waals surface area (Å²) in [6, 6.07) is 6.59. The van der Waals surface area contributed by atoms with Crippen molar-refractivity contribution in [3.05, 3.63) is 47.4 Å². The molecule has 0 bridgehead atoms. The van der Waals surface area contributed by atoms with Crippen molar-refractivity contribution >= 4 is 21.9 Å². The summed E-state index contributed by atoms with van der Waals surface area (Å²) >= 11 is 0. The molecular formula is C25H31F4N5O3S. The Labute approximate surface area is 219 Å². The molecule has 1 aliphatic heterocycles. The number of nitrogens with zero attached hydrogens (tertiary/aromatic N) is 5. The Kier molecular flexibility index (Phi) is 6.33. The molecule has 2 aromatic rings. The summed E-state index contributed by atoms with van der Waals surface area (Å²) in [5, 5.41) is 3.31. The normalized spacial score (nSPS) is 26.7. The fourth-order valence-corrected chi connectivity index (χ4v) is 6.78. The number of carbonyl (C=O) groups is 1. The van der Waals surface area contributed by atoms with E-state index in [0.717, 1.165) is 29.6 Å². The van der Waals surface area contributed by atoms with Gasteiger partial charge in [-0.1, -0.05) is 12.1 Å². The van der Waals surface area contributed by atoms with Gasteiger partial charge in [-0.05, 0) is 76.2 Å². The van der Waals surface area contributed by atoms with E-state index in [1.54, 1.807) is 11.0 Å². The van der Waals surface area contributed by atoms with Crippen LogP contribution >= 0.6 is 0 Å². The van der Waals surface area contributed by atoms with Gasteiger partial charge in [-0.2, -0.15) is 18.3 Å². The Morgan fingerprint density at radius 3 is 2.29 bits per heavy atom. The largest absolute Gasteiger partial charge is 0.435 e. The van der Waals surface area contributed by atoms with Crippen molar-refractivity contribution in [2.75, 3.05) is 38.3 Å². The average Bonchev–Trinajstić information content (AvgIpc) is 3.46. The number of anilines is 1. The highest BCUT2D eigenvalue weighted by Crippen LogP contribution is 2.51. The van der Waals surface area contributed by atoms with Crippen LogP contribution in [-0.4, -0.2) is 72.4 Å². The highest BCUT2D eigenvalue weighted by Gasteiger charge is 2.56. The standard InChI is InChI=1S/C25H31F4N5O3S/c1-31(2)24(18-5-4-6-19(26)13-18)11-9-23(10-12-24)16-32(22(35)33(23)15-17-7-8-17)21-14-20(25(27,28)29)30-34(21)38(3,36)37/h4-6,13-14,17H,7-12,15-16H2,1-3H3/t23-,24+. The first kappa shape index (κ1) is 26.9. The molecule has 13 heteroatoms. The molecule has 5 rings (SSSR count). The molecule has 1 spiro atoms. The van der Waals surface area contributed by atoms with Gasteiger partial charge in [0.1, 0.15) is 5.82 Å². The van der Waals surface area contributed by atoms with Gasteiger partial charge in [0.25, 0.3) is 10.0 Å². The first-order chi connectivity index (χ1) is 17.7.